The lowest BCUT2D eigenvalue weighted by Crippen LogP contribution is -1.94. The Hall–Kier alpha value is -8.20. The van der Waals surface area contributed by atoms with Crippen molar-refractivity contribution < 1.29 is 0 Å². The molecule has 0 aliphatic heterocycles. The van der Waals surface area contributed by atoms with Crippen molar-refractivity contribution in [3.63, 3.8) is 0 Å². The van der Waals surface area contributed by atoms with Crippen molar-refractivity contribution in [2.24, 2.45) is 0 Å². The summed E-state index contributed by atoms with van der Waals surface area (Å²) in [4.78, 5) is 0. The van der Waals surface area contributed by atoms with Crippen molar-refractivity contribution in [2.75, 3.05) is 0 Å². The zero-order valence-electron chi connectivity index (χ0n) is 87.9. The SMILES string of the molecule is CC.CC.CC.CC.CC.Cc1c(-c2ccc(P)cc2)ccc(-c2ccc(CP)cc2)c1C.PCc1ccc2c(ccc3cc(P)ccc32)c1.PCc1ccc2c(ccc3cc(P)ccc32)c1.PCc1ccc2c(ccc3cc(P)ccc32)c1.PCc1ccc2c(ccc3cc(P)ccc32)c1.Pc1ccc2c(ccc3cc(P)ccc32)c1.Pc1ccc2c(ccc3cc(P)ccc32)c1.Pc1ccc2c(ccc3cc(P)ccc32)c1. The van der Waals surface area contributed by atoms with Crippen LogP contribution < -0.4 is 58.3 Å². The Kier molecular flexibility index (Phi) is 47.7. The smallest absolute Gasteiger partial charge is 0.0105 e. The van der Waals surface area contributed by atoms with Crippen LogP contribution in [0, 0.1) is 13.8 Å². The van der Waals surface area contributed by atoms with E-state index in [0.29, 0.717) is 0 Å². The summed E-state index contributed by atoms with van der Waals surface area (Å²) in [5.41, 5.74) is 14.7. The van der Waals surface area contributed by atoms with Gasteiger partial charge < -0.3 is 0 Å². The maximum Gasteiger partial charge on any atom is -0.0105 e. The van der Waals surface area contributed by atoms with Gasteiger partial charge in [0.15, 0.2) is 0 Å². The maximum absolute atomic E-state index is 2.78. The van der Waals surface area contributed by atoms with Crippen LogP contribution in [0.5, 0.6) is 0 Å². The molecule has 16 unspecified atom stereocenters. The van der Waals surface area contributed by atoms with Gasteiger partial charge in [0, 0.05) is 0 Å². The predicted octanol–water partition coefficient (Wildman–Crippen LogP) is 35.1. The van der Waals surface area contributed by atoms with Crippen molar-refractivity contribution in [1.82, 2.24) is 0 Å². The second kappa shape index (κ2) is 59.5. The molecule has 0 heterocycles. The van der Waals surface area contributed by atoms with Crippen molar-refractivity contribution in [3.05, 3.63) is 439 Å². The molecule has 0 radical (unpaired) electrons. The third-order valence-electron chi connectivity index (χ3n) is 25.8. The van der Waals surface area contributed by atoms with Crippen molar-refractivity contribution in [3.8, 4) is 22.3 Å². The molecular weight excluding hydrogens is 2090 g/mol. The molecule has 0 saturated carbocycles. The minimum Gasteiger partial charge on any atom is -0.133 e. The molecule has 16 atom stereocenters. The van der Waals surface area contributed by atoms with Gasteiger partial charge in [-0.15, -0.1) is 148 Å². The van der Waals surface area contributed by atoms with E-state index in [1.807, 2.05) is 69.2 Å². The Labute approximate surface area is 924 Å². The summed E-state index contributed by atoms with van der Waals surface area (Å²) in [6.07, 6.45) is 5.05. The van der Waals surface area contributed by atoms with Gasteiger partial charge in [0.25, 0.3) is 0 Å². The molecule has 0 aromatic heterocycles. The van der Waals surface area contributed by atoms with Crippen LogP contribution in [0.2, 0.25) is 0 Å². The molecule has 0 bridgehead atoms. The highest BCUT2D eigenvalue weighted by Gasteiger charge is 2.14. The summed E-state index contributed by atoms with van der Waals surface area (Å²) in [5.74, 6) is 0. The zero-order chi connectivity index (χ0) is 107. The first-order valence-corrected chi connectivity index (χ1v) is 61.7. The normalized spacial score (nSPS) is 10.6. The van der Waals surface area contributed by atoms with Crippen LogP contribution in [-0.2, 0) is 30.8 Å². The van der Waals surface area contributed by atoms with E-state index >= 15 is 0 Å². The Morgan fingerprint density at radius 2 is 0.248 bits per heavy atom. The van der Waals surface area contributed by atoms with Crippen LogP contribution in [0.1, 0.15) is 108 Å². The van der Waals surface area contributed by atoms with Gasteiger partial charge in [-0.3, -0.25) is 0 Å². The first-order valence-electron chi connectivity index (χ1n) is 51.2. The molecule has 0 aliphatic rings. The minimum absolute atomic E-state index is 1.00. The van der Waals surface area contributed by atoms with E-state index in [0.717, 1.165) is 30.8 Å². The molecular formula is C133H144P16. The lowest BCUT2D eigenvalue weighted by molar-refractivity contribution is 1.33. The molecule has 24 rings (SSSR count). The largest absolute Gasteiger partial charge is 0.133 e. The molecule has 16 heteroatoms. The number of rotatable bonds is 7. The van der Waals surface area contributed by atoms with E-state index < -0.39 is 0 Å². The van der Waals surface area contributed by atoms with E-state index in [1.165, 1.54) is 270 Å². The third kappa shape index (κ3) is 31.2. The maximum atomic E-state index is 2.78. The van der Waals surface area contributed by atoms with Crippen LogP contribution in [0.15, 0.2) is 400 Å². The Balaban J connectivity index is 0.000000149. The van der Waals surface area contributed by atoms with Gasteiger partial charge >= 0.3 is 0 Å². The average molecular weight is 2240 g/mol. The van der Waals surface area contributed by atoms with Crippen molar-refractivity contribution in [2.45, 2.75) is 114 Å². The van der Waals surface area contributed by atoms with E-state index in [1.54, 1.807) is 0 Å². The lowest BCUT2D eigenvalue weighted by atomic mass is 9.90. The summed E-state index contributed by atoms with van der Waals surface area (Å²) < 4.78 is 0. The van der Waals surface area contributed by atoms with Crippen LogP contribution in [0.4, 0.5) is 0 Å². The van der Waals surface area contributed by atoms with Gasteiger partial charge in [0.05, 0.1) is 0 Å². The monoisotopic (exact) mass is 2240 g/mol. The molecule has 24 aromatic carbocycles. The third-order valence-corrected chi connectivity index (χ3v) is 32.1. The van der Waals surface area contributed by atoms with Gasteiger partial charge in [-0.1, -0.05) is 409 Å². The summed E-state index contributed by atoms with van der Waals surface area (Å²) in [5, 5.41) is 50.6. The zero-order valence-corrected chi connectivity index (χ0v) is 106. The molecule has 0 nitrogen and oxygen atoms in total. The van der Waals surface area contributed by atoms with Crippen LogP contribution in [-0.4, -0.2) is 0 Å². The molecule has 0 saturated heterocycles. The van der Waals surface area contributed by atoms with Crippen molar-refractivity contribution in [1.29, 1.82) is 0 Å². The quantitative estimate of drug-likeness (QED) is 0.110. The fraction of sp³-hybridized carbons (Fsp3) is 0.128. The number of hydrogen-bond acceptors (Lipinski definition) is 0. The second-order valence-corrected chi connectivity index (χ2v) is 44.6. The Bertz CT molecular complexity index is 7750. The second-order valence-electron chi connectivity index (χ2n) is 35.2. The van der Waals surface area contributed by atoms with Gasteiger partial charge in [-0.25, -0.2) is 0 Å². The van der Waals surface area contributed by atoms with Crippen LogP contribution in [0.25, 0.3) is 173 Å². The molecule has 0 N–H and O–H groups in total. The highest BCUT2D eigenvalue weighted by atomic mass is 31.0. The summed E-state index contributed by atoms with van der Waals surface area (Å²) >= 11 is 0. The highest BCUT2D eigenvalue weighted by Crippen LogP contribution is 2.37. The first-order chi connectivity index (χ1) is 72.4. The van der Waals surface area contributed by atoms with Gasteiger partial charge in [-0.05, 0) is 376 Å². The van der Waals surface area contributed by atoms with Crippen molar-refractivity contribution >= 4 is 357 Å². The fourth-order valence-electron chi connectivity index (χ4n) is 18.3. The number of hydrogen-bond donors (Lipinski definition) is 0. The molecule has 0 aliphatic carbocycles. The molecule has 756 valence electrons. The summed E-state index contributed by atoms with van der Waals surface area (Å²) in [6, 6.07) is 145. The highest BCUT2D eigenvalue weighted by molar-refractivity contribution is 7.30. The predicted molar refractivity (Wildman–Crippen MR) is 744 cm³/mol. The van der Waals surface area contributed by atoms with Crippen LogP contribution in [0.3, 0.4) is 0 Å². The average Bonchev–Trinajstić information content (AvgIpc) is 0.798. The van der Waals surface area contributed by atoms with E-state index in [4.69, 9.17) is 0 Å². The van der Waals surface area contributed by atoms with E-state index in [2.05, 4.69) is 562 Å². The summed E-state index contributed by atoms with van der Waals surface area (Å²) in [6.45, 7) is 24.4. The standard InChI is InChI=1S/C21H22P2.4C15H14P2.3C14H12P2.5C2H6/c1-14-15(2)21(18-7-9-19(23)10-8-18)12-11-20(14)17-5-3-16(13-22)4-6-17;4*16-9-10-1-5-14-11(7-10)2-3-12-8-13(17)4-6-15(12)14;3*15-11-3-5-13-9(7-11)1-2-10-8-12(16)4-6-14(10)13;5*1-2/h3-12H,13,22-23H2,1-2H3;4*1-8H,9,16-17H2;3*1-8H,15-16H2;5*1-2H3. The Morgan fingerprint density at radius 1 is 0.128 bits per heavy atom. The summed E-state index contributed by atoms with van der Waals surface area (Å²) in [7, 11) is 44.1. The first kappa shape index (κ1) is 119. The van der Waals surface area contributed by atoms with E-state index in [9.17, 15) is 0 Å². The lowest BCUT2D eigenvalue weighted by Gasteiger charge is -2.14. The van der Waals surface area contributed by atoms with Gasteiger partial charge in [0.1, 0.15) is 0 Å². The fourth-order valence-corrected chi connectivity index (χ4v) is 22.6. The van der Waals surface area contributed by atoms with Gasteiger partial charge in [0.2, 0.25) is 0 Å². The van der Waals surface area contributed by atoms with Gasteiger partial charge in [-0.2, -0.15) is 0 Å². The minimum atomic E-state index is 1.00. The molecule has 0 amide bonds. The Morgan fingerprint density at radius 3 is 0.396 bits per heavy atom. The molecule has 149 heavy (non-hydrogen) atoms. The molecule has 0 fully saturated rings. The molecule has 24 aromatic rings. The topological polar surface area (TPSA) is 0 Å². The van der Waals surface area contributed by atoms with E-state index in [-0.39, 0.29) is 0 Å². The number of benzene rings is 24. The number of fused-ring (bicyclic) bond motifs is 21. The molecule has 0 spiro atoms. The van der Waals surface area contributed by atoms with Crippen LogP contribution >= 0.6 is 148 Å².